The van der Waals surface area contributed by atoms with E-state index in [1.165, 1.54) is 19.3 Å². The third-order valence-corrected chi connectivity index (χ3v) is 3.39. The maximum Gasteiger partial charge on any atom is 0.175 e. The van der Waals surface area contributed by atoms with Crippen LogP contribution >= 0.6 is 28.6 Å². The Labute approximate surface area is 117 Å². The summed E-state index contributed by atoms with van der Waals surface area (Å²) in [6.07, 6.45) is 4.66. The van der Waals surface area contributed by atoms with E-state index in [1.54, 1.807) is 7.11 Å². The number of benzene rings is 1. The van der Waals surface area contributed by atoms with Gasteiger partial charge in [0.15, 0.2) is 11.5 Å². The smallest absolute Gasteiger partial charge is 0.175 e. The summed E-state index contributed by atoms with van der Waals surface area (Å²) in [6.45, 7) is 0.728. The van der Waals surface area contributed by atoms with Gasteiger partial charge in [-0.15, -0.1) is 0 Å². The van der Waals surface area contributed by atoms with Crippen molar-refractivity contribution in [3.05, 3.63) is 22.7 Å². The van der Waals surface area contributed by atoms with Crippen LogP contribution in [0.3, 0.4) is 0 Å². The Morgan fingerprint density at radius 3 is 2.65 bits per heavy atom. The Kier molecular flexibility index (Phi) is 7.53. The summed E-state index contributed by atoms with van der Waals surface area (Å²) in [7, 11) is 1.65. The van der Waals surface area contributed by atoms with Crippen molar-refractivity contribution in [1.29, 1.82) is 0 Å². The predicted molar refractivity (Wildman–Crippen MR) is 78.5 cm³/mol. The molecule has 0 fully saturated rings. The number of halogens is 1. The molecule has 0 saturated heterocycles. The van der Waals surface area contributed by atoms with Crippen LogP contribution in [0.1, 0.15) is 25.7 Å². The lowest BCUT2D eigenvalue weighted by Gasteiger charge is -2.12. The van der Waals surface area contributed by atoms with E-state index in [4.69, 9.17) is 9.47 Å². The summed E-state index contributed by atoms with van der Waals surface area (Å²) in [6, 6.07) is 5.79. The highest BCUT2D eigenvalue weighted by atomic mass is 79.9. The molecule has 1 rings (SSSR count). The zero-order valence-electron chi connectivity index (χ0n) is 10.1. The van der Waals surface area contributed by atoms with Crippen molar-refractivity contribution in [1.82, 2.24) is 0 Å². The van der Waals surface area contributed by atoms with E-state index in [2.05, 4.69) is 28.6 Å². The number of para-hydroxylation sites is 1. The highest BCUT2D eigenvalue weighted by molar-refractivity contribution is 9.10. The van der Waals surface area contributed by atoms with Crippen LogP contribution in [0.2, 0.25) is 0 Å². The van der Waals surface area contributed by atoms with Crippen LogP contribution in [0.5, 0.6) is 11.5 Å². The van der Waals surface area contributed by atoms with Gasteiger partial charge < -0.3 is 9.47 Å². The molecule has 0 heterocycles. The molecule has 0 amide bonds. The minimum Gasteiger partial charge on any atom is -0.493 e. The normalized spacial score (nSPS) is 10.3. The van der Waals surface area contributed by atoms with Gasteiger partial charge in [0.25, 0.3) is 0 Å². The van der Waals surface area contributed by atoms with Gasteiger partial charge in [-0.05, 0) is 46.7 Å². The Bertz CT molecular complexity index is 331. The molecule has 96 valence electrons. The predicted octanol–water partition coefficient (Wildman–Crippen LogP) is 4.33. The van der Waals surface area contributed by atoms with Crippen molar-refractivity contribution in [3.8, 4) is 11.5 Å². The number of methoxy groups -OCH3 is 1. The molecule has 17 heavy (non-hydrogen) atoms. The summed E-state index contributed by atoms with van der Waals surface area (Å²) < 4.78 is 11.9. The Morgan fingerprint density at radius 1 is 1.18 bits per heavy atom. The van der Waals surface area contributed by atoms with E-state index < -0.39 is 0 Å². The zero-order valence-corrected chi connectivity index (χ0v) is 12.6. The molecule has 0 radical (unpaired) electrons. The van der Waals surface area contributed by atoms with Crippen molar-refractivity contribution >= 4 is 28.6 Å². The lowest BCUT2D eigenvalue weighted by atomic mass is 10.2. The maximum atomic E-state index is 5.75. The van der Waals surface area contributed by atoms with Crippen molar-refractivity contribution in [2.24, 2.45) is 0 Å². The van der Waals surface area contributed by atoms with E-state index in [9.17, 15) is 0 Å². The molecule has 0 N–H and O–H groups in total. The van der Waals surface area contributed by atoms with Crippen LogP contribution in [-0.2, 0) is 0 Å². The number of ether oxygens (including phenoxy) is 2. The molecule has 1 aromatic carbocycles. The van der Waals surface area contributed by atoms with Gasteiger partial charge in [-0.2, -0.15) is 12.6 Å². The van der Waals surface area contributed by atoms with Crippen LogP contribution in [0, 0.1) is 0 Å². The third-order valence-electron chi connectivity index (χ3n) is 2.45. The number of rotatable bonds is 8. The summed E-state index contributed by atoms with van der Waals surface area (Å²) >= 11 is 7.66. The number of unbranched alkanes of at least 4 members (excludes halogenated alkanes) is 3. The van der Waals surface area contributed by atoms with Gasteiger partial charge in [-0.25, -0.2) is 0 Å². The molecule has 0 aliphatic carbocycles. The van der Waals surface area contributed by atoms with Gasteiger partial charge in [0, 0.05) is 0 Å². The van der Waals surface area contributed by atoms with Gasteiger partial charge in [0.05, 0.1) is 18.2 Å². The topological polar surface area (TPSA) is 18.5 Å². The van der Waals surface area contributed by atoms with Gasteiger partial charge >= 0.3 is 0 Å². The molecule has 2 nitrogen and oxygen atoms in total. The lowest BCUT2D eigenvalue weighted by molar-refractivity contribution is 0.283. The second-order valence-corrected chi connectivity index (χ2v) is 5.06. The maximum absolute atomic E-state index is 5.75. The summed E-state index contributed by atoms with van der Waals surface area (Å²) in [5, 5.41) is 0. The minimum atomic E-state index is 0.728. The van der Waals surface area contributed by atoms with Crippen LogP contribution in [-0.4, -0.2) is 19.5 Å². The first-order valence-corrected chi connectivity index (χ1v) is 7.28. The molecule has 4 heteroatoms. The molecule has 0 bridgehead atoms. The second kappa shape index (κ2) is 8.70. The van der Waals surface area contributed by atoms with Gasteiger partial charge in [0.1, 0.15) is 0 Å². The first kappa shape index (κ1) is 14.7. The summed E-state index contributed by atoms with van der Waals surface area (Å²) in [5.74, 6) is 2.54. The summed E-state index contributed by atoms with van der Waals surface area (Å²) in [4.78, 5) is 0. The highest BCUT2D eigenvalue weighted by Crippen LogP contribution is 2.34. The monoisotopic (exact) mass is 318 g/mol. The fraction of sp³-hybridized carbons (Fsp3) is 0.538. The molecule has 0 atom stereocenters. The first-order valence-electron chi connectivity index (χ1n) is 5.85. The third kappa shape index (κ3) is 5.21. The number of hydrogen-bond donors (Lipinski definition) is 1. The quantitative estimate of drug-likeness (QED) is 0.568. The van der Waals surface area contributed by atoms with Crippen molar-refractivity contribution < 1.29 is 9.47 Å². The summed E-state index contributed by atoms with van der Waals surface area (Å²) in [5.41, 5.74) is 0. The van der Waals surface area contributed by atoms with Gasteiger partial charge in [-0.3, -0.25) is 0 Å². The first-order chi connectivity index (χ1) is 8.29. The molecular formula is C13H19BrO2S. The molecule has 0 saturated carbocycles. The van der Waals surface area contributed by atoms with Gasteiger partial charge in [0.2, 0.25) is 0 Å². The molecule has 1 aromatic rings. The average Bonchev–Trinajstić information content (AvgIpc) is 2.35. The Balaban J connectivity index is 2.35. The van der Waals surface area contributed by atoms with Crippen molar-refractivity contribution in [2.45, 2.75) is 25.7 Å². The van der Waals surface area contributed by atoms with E-state index in [0.29, 0.717) is 0 Å². The zero-order chi connectivity index (χ0) is 12.5. The fourth-order valence-corrected chi connectivity index (χ4v) is 2.22. The molecule has 0 aromatic heterocycles. The molecule has 0 unspecified atom stereocenters. The van der Waals surface area contributed by atoms with Crippen LogP contribution in [0.4, 0.5) is 0 Å². The molecule has 0 spiro atoms. The van der Waals surface area contributed by atoms with E-state index in [1.807, 2.05) is 18.2 Å². The van der Waals surface area contributed by atoms with Crippen LogP contribution < -0.4 is 9.47 Å². The van der Waals surface area contributed by atoms with E-state index >= 15 is 0 Å². The van der Waals surface area contributed by atoms with E-state index in [0.717, 1.165) is 34.8 Å². The Morgan fingerprint density at radius 2 is 1.94 bits per heavy atom. The molecule has 0 aliphatic heterocycles. The van der Waals surface area contributed by atoms with Crippen LogP contribution in [0.25, 0.3) is 0 Å². The fourth-order valence-electron chi connectivity index (χ4n) is 1.53. The lowest BCUT2D eigenvalue weighted by Crippen LogP contribution is -2.00. The minimum absolute atomic E-state index is 0.728. The second-order valence-electron chi connectivity index (χ2n) is 3.76. The van der Waals surface area contributed by atoms with Gasteiger partial charge in [-0.1, -0.05) is 18.9 Å². The average molecular weight is 319 g/mol. The van der Waals surface area contributed by atoms with Crippen molar-refractivity contribution in [2.75, 3.05) is 19.5 Å². The SMILES string of the molecule is COc1cccc(Br)c1OCCCCCCS. The highest BCUT2D eigenvalue weighted by Gasteiger charge is 2.07. The number of hydrogen-bond acceptors (Lipinski definition) is 3. The van der Waals surface area contributed by atoms with E-state index in [-0.39, 0.29) is 0 Å². The Hall–Kier alpha value is -0.350. The molecule has 0 aliphatic rings. The largest absolute Gasteiger partial charge is 0.493 e. The number of thiol groups is 1. The standard InChI is InChI=1S/C13H19BrO2S/c1-15-12-8-6-7-11(14)13(12)16-9-4-2-3-5-10-17/h6-8,17H,2-5,9-10H2,1H3. The molecular weight excluding hydrogens is 300 g/mol. The van der Waals surface area contributed by atoms with Crippen molar-refractivity contribution in [3.63, 3.8) is 0 Å². The van der Waals surface area contributed by atoms with Crippen LogP contribution in [0.15, 0.2) is 22.7 Å².